The molecule has 10 heavy (non-hydrogen) atoms. The van der Waals surface area contributed by atoms with Crippen molar-refractivity contribution < 1.29 is 4.79 Å². The van der Waals surface area contributed by atoms with Crippen LogP contribution in [-0.4, -0.2) is 19.4 Å². The van der Waals surface area contributed by atoms with Crippen molar-refractivity contribution in [3.05, 3.63) is 12.2 Å². The fourth-order valence-corrected chi connectivity index (χ4v) is 0.697. The van der Waals surface area contributed by atoms with E-state index in [1.54, 1.807) is 7.05 Å². The lowest BCUT2D eigenvalue weighted by molar-refractivity contribution is -0.118. The summed E-state index contributed by atoms with van der Waals surface area (Å²) in [5, 5.41) is 2.82. The van der Waals surface area contributed by atoms with Crippen molar-refractivity contribution in [2.24, 2.45) is 0 Å². The summed E-state index contributed by atoms with van der Waals surface area (Å²) >= 11 is 0. The topological polar surface area (TPSA) is 29.1 Å². The molecule has 0 heterocycles. The van der Waals surface area contributed by atoms with Crippen LogP contribution in [0.25, 0.3) is 0 Å². The molecule has 0 atom stereocenters. The number of carbonyl (C=O) groups excluding carboxylic acids is 1. The van der Waals surface area contributed by atoms with Crippen molar-refractivity contribution in [1.29, 1.82) is 0 Å². The van der Waals surface area contributed by atoms with Crippen LogP contribution in [-0.2, 0) is 4.79 Å². The van der Waals surface area contributed by atoms with E-state index in [0.717, 1.165) is 6.42 Å². The molecule has 2 nitrogen and oxygen atoms in total. The molecule has 0 aromatic carbocycles. The molecule has 0 bridgehead atoms. The van der Waals surface area contributed by atoms with E-state index in [1.165, 1.54) is 0 Å². The van der Waals surface area contributed by atoms with Crippen molar-refractivity contribution in [3.63, 3.8) is 0 Å². The van der Waals surface area contributed by atoms with Gasteiger partial charge in [0.25, 0.3) is 0 Å². The van der Waals surface area contributed by atoms with Crippen LogP contribution in [0.5, 0.6) is 0 Å². The normalized spacial score (nSPS) is 10.6. The van der Waals surface area contributed by atoms with Crippen molar-refractivity contribution in [2.45, 2.75) is 19.8 Å². The number of allylic oxidation sites excluding steroid dienone is 2. The highest BCUT2D eigenvalue weighted by atomic mass is 16.1. The number of Topliss-reactive ketones (excluding diaryl/α,β-unsaturated/α-hetero) is 1. The maximum absolute atomic E-state index is 10.8. The molecule has 0 radical (unpaired) electrons. The van der Waals surface area contributed by atoms with Crippen LogP contribution in [0.3, 0.4) is 0 Å². The Labute approximate surface area is 62.3 Å². The van der Waals surface area contributed by atoms with Crippen molar-refractivity contribution in [2.75, 3.05) is 13.6 Å². The van der Waals surface area contributed by atoms with Crippen LogP contribution in [0.1, 0.15) is 19.8 Å². The van der Waals surface area contributed by atoms with Crippen molar-refractivity contribution in [1.82, 2.24) is 5.32 Å². The van der Waals surface area contributed by atoms with Crippen LogP contribution in [0, 0.1) is 0 Å². The van der Waals surface area contributed by atoms with Crippen LogP contribution < -0.4 is 5.32 Å². The van der Waals surface area contributed by atoms with Gasteiger partial charge in [-0.2, -0.15) is 0 Å². The molecule has 0 amide bonds. The van der Waals surface area contributed by atoms with E-state index in [0.29, 0.717) is 13.0 Å². The van der Waals surface area contributed by atoms with Crippen LogP contribution in [0.15, 0.2) is 12.2 Å². The second-order valence-corrected chi connectivity index (χ2v) is 2.18. The van der Waals surface area contributed by atoms with Crippen molar-refractivity contribution in [3.8, 4) is 0 Å². The van der Waals surface area contributed by atoms with Gasteiger partial charge in [0, 0.05) is 6.42 Å². The fraction of sp³-hybridized carbons (Fsp3) is 0.625. The van der Waals surface area contributed by atoms with Crippen LogP contribution in [0.2, 0.25) is 0 Å². The standard InChI is InChI=1S/C8H15NO/c1-3-4-5-6-8(10)7-9-2/h3-4,9H,5-7H2,1-2H3. The summed E-state index contributed by atoms with van der Waals surface area (Å²) < 4.78 is 0. The average molecular weight is 141 g/mol. The minimum absolute atomic E-state index is 0.278. The molecule has 0 unspecified atom stereocenters. The van der Waals surface area contributed by atoms with Crippen molar-refractivity contribution >= 4 is 5.78 Å². The molecule has 1 N–H and O–H groups in total. The van der Waals surface area contributed by atoms with E-state index in [-0.39, 0.29) is 5.78 Å². The zero-order valence-electron chi connectivity index (χ0n) is 6.68. The monoisotopic (exact) mass is 141 g/mol. The third-order valence-electron chi connectivity index (χ3n) is 1.20. The summed E-state index contributed by atoms with van der Waals surface area (Å²) in [6, 6.07) is 0. The fourth-order valence-electron chi connectivity index (χ4n) is 0.697. The number of likely N-dealkylation sites (N-methyl/N-ethyl adjacent to an activating group) is 1. The highest BCUT2D eigenvalue weighted by Crippen LogP contribution is 1.90. The lowest BCUT2D eigenvalue weighted by atomic mass is 10.2. The molecule has 0 fully saturated rings. The molecule has 0 rings (SSSR count). The predicted octanol–water partition coefficient (Wildman–Crippen LogP) is 1.13. The number of rotatable bonds is 5. The molecule has 0 aliphatic carbocycles. The van der Waals surface area contributed by atoms with Gasteiger partial charge in [0.2, 0.25) is 0 Å². The van der Waals surface area contributed by atoms with Gasteiger partial charge in [0.15, 0.2) is 0 Å². The molecule has 0 saturated heterocycles. The van der Waals surface area contributed by atoms with Gasteiger partial charge < -0.3 is 5.32 Å². The largest absolute Gasteiger partial charge is 0.313 e. The molecular formula is C8H15NO. The predicted molar refractivity (Wildman–Crippen MR) is 43.0 cm³/mol. The molecule has 0 aliphatic heterocycles. The molecular weight excluding hydrogens is 126 g/mol. The molecule has 58 valence electrons. The zero-order chi connectivity index (χ0) is 7.82. The minimum Gasteiger partial charge on any atom is -0.313 e. The quantitative estimate of drug-likeness (QED) is 0.581. The van der Waals surface area contributed by atoms with Gasteiger partial charge >= 0.3 is 0 Å². The average Bonchev–Trinajstić information content (AvgIpc) is 1.89. The first-order chi connectivity index (χ1) is 4.81. The van der Waals surface area contributed by atoms with E-state index in [1.807, 2.05) is 19.1 Å². The molecule has 0 aliphatic rings. The smallest absolute Gasteiger partial charge is 0.146 e. The first-order valence-electron chi connectivity index (χ1n) is 3.58. The van der Waals surface area contributed by atoms with Gasteiger partial charge in [-0.1, -0.05) is 12.2 Å². The highest BCUT2D eigenvalue weighted by Gasteiger charge is 1.95. The zero-order valence-corrected chi connectivity index (χ0v) is 6.68. The Hall–Kier alpha value is -0.630. The summed E-state index contributed by atoms with van der Waals surface area (Å²) in [6.07, 6.45) is 5.50. The Kier molecular flexibility index (Phi) is 6.08. The Morgan fingerprint density at radius 1 is 1.60 bits per heavy atom. The molecule has 0 saturated carbocycles. The lowest BCUT2D eigenvalue weighted by Gasteiger charge is -1.94. The Bertz CT molecular complexity index is 118. The van der Waals surface area contributed by atoms with E-state index < -0.39 is 0 Å². The summed E-state index contributed by atoms with van der Waals surface area (Å²) in [6.45, 7) is 2.46. The third-order valence-corrected chi connectivity index (χ3v) is 1.20. The van der Waals surface area contributed by atoms with E-state index in [4.69, 9.17) is 0 Å². The maximum Gasteiger partial charge on any atom is 0.146 e. The van der Waals surface area contributed by atoms with Gasteiger partial charge in [-0.15, -0.1) is 0 Å². The van der Waals surface area contributed by atoms with Crippen LogP contribution in [0.4, 0.5) is 0 Å². The van der Waals surface area contributed by atoms with Gasteiger partial charge in [-0.05, 0) is 20.4 Å². The van der Waals surface area contributed by atoms with E-state index in [9.17, 15) is 4.79 Å². The lowest BCUT2D eigenvalue weighted by Crippen LogP contribution is -2.17. The van der Waals surface area contributed by atoms with Gasteiger partial charge in [0.05, 0.1) is 6.54 Å². The third kappa shape index (κ3) is 5.51. The van der Waals surface area contributed by atoms with Gasteiger partial charge in [-0.3, -0.25) is 4.79 Å². The van der Waals surface area contributed by atoms with E-state index in [2.05, 4.69) is 5.32 Å². The SMILES string of the molecule is CC=CCCC(=O)CNC. The second kappa shape index (κ2) is 6.49. The number of nitrogens with one attached hydrogen (secondary N) is 1. The van der Waals surface area contributed by atoms with E-state index >= 15 is 0 Å². The van der Waals surface area contributed by atoms with Gasteiger partial charge in [0.1, 0.15) is 5.78 Å². The molecule has 0 aromatic rings. The first-order valence-corrected chi connectivity index (χ1v) is 3.58. The van der Waals surface area contributed by atoms with Gasteiger partial charge in [-0.25, -0.2) is 0 Å². The van der Waals surface area contributed by atoms with Crippen LogP contribution >= 0.6 is 0 Å². The minimum atomic E-state index is 0.278. The summed E-state index contributed by atoms with van der Waals surface area (Å²) in [5.41, 5.74) is 0. The number of hydrogen-bond donors (Lipinski definition) is 1. The highest BCUT2D eigenvalue weighted by molar-refractivity contribution is 5.80. The second-order valence-electron chi connectivity index (χ2n) is 2.18. The molecule has 0 spiro atoms. The Morgan fingerprint density at radius 3 is 2.80 bits per heavy atom. The maximum atomic E-state index is 10.8. The molecule has 0 aromatic heterocycles. The summed E-state index contributed by atoms with van der Waals surface area (Å²) in [4.78, 5) is 10.8. The Morgan fingerprint density at radius 2 is 2.30 bits per heavy atom. The first kappa shape index (κ1) is 9.37. The number of ketones is 1. The number of carbonyl (C=O) groups is 1. The summed E-state index contributed by atoms with van der Waals surface area (Å²) in [5.74, 6) is 0.278. The number of hydrogen-bond acceptors (Lipinski definition) is 2. The summed E-state index contributed by atoms with van der Waals surface area (Å²) in [7, 11) is 1.79. The molecule has 2 heteroatoms. The Balaban J connectivity index is 3.21.